The lowest BCUT2D eigenvalue weighted by molar-refractivity contribution is 0.297. The Balaban J connectivity index is 1.73. The zero-order chi connectivity index (χ0) is 19.4. The SMILES string of the molecule is CS(=O)(=O)c1ccc(F)c(CN=C(N)Nc2ccc3c(c2)OCCCO3)c1. The zero-order valence-corrected chi connectivity index (χ0v) is 15.6. The highest BCUT2D eigenvalue weighted by molar-refractivity contribution is 7.90. The van der Waals surface area contributed by atoms with E-state index < -0.39 is 15.7 Å². The van der Waals surface area contributed by atoms with Crippen molar-refractivity contribution in [2.45, 2.75) is 17.9 Å². The fourth-order valence-corrected chi connectivity index (χ4v) is 3.17. The number of hydrogen-bond acceptors (Lipinski definition) is 5. The van der Waals surface area contributed by atoms with Gasteiger partial charge in [-0.2, -0.15) is 0 Å². The van der Waals surface area contributed by atoms with E-state index in [2.05, 4.69) is 10.3 Å². The van der Waals surface area contributed by atoms with Crippen molar-refractivity contribution in [3.63, 3.8) is 0 Å². The van der Waals surface area contributed by atoms with Crippen LogP contribution < -0.4 is 20.5 Å². The molecule has 0 aliphatic carbocycles. The molecule has 0 fully saturated rings. The molecule has 0 aromatic heterocycles. The number of ether oxygens (including phenoxy) is 2. The molecule has 2 aromatic rings. The van der Waals surface area contributed by atoms with Gasteiger partial charge in [-0.1, -0.05) is 0 Å². The third-order valence-electron chi connectivity index (χ3n) is 3.89. The Kier molecular flexibility index (Phi) is 5.50. The number of benzene rings is 2. The van der Waals surface area contributed by atoms with Gasteiger partial charge in [-0.3, -0.25) is 0 Å². The number of hydrogen-bond donors (Lipinski definition) is 2. The standard InChI is InChI=1S/C18H20FN3O4S/c1-27(23,24)14-4-5-15(19)12(9-14)11-21-18(20)22-13-3-6-16-17(10-13)26-8-2-7-25-16/h3-6,9-10H,2,7-8,11H2,1H3,(H3,20,21,22). The average molecular weight is 393 g/mol. The number of halogens is 1. The maximum absolute atomic E-state index is 13.9. The lowest BCUT2D eigenvalue weighted by atomic mass is 10.2. The Hall–Kier alpha value is -2.81. The molecule has 3 N–H and O–H groups in total. The maximum atomic E-state index is 13.9. The summed E-state index contributed by atoms with van der Waals surface area (Å²) in [5, 5.41) is 2.90. The van der Waals surface area contributed by atoms with E-state index in [1.807, 2.05) is 0 Å². The van der Waals surface area contributed by atoms with Gasteiger partial charge in [-0.05, 0) is 30.3 Å². The summed E-state index contributed by atoms with van der Waals surface area (Å²) in [4.78, 5) is 4.11. The predicted octanol–water partition coefficient (Wildman–Crippen LogP) is 2.32. The second kappa shape index (κ2) is 7.83. The van der Waals surface area contributed by atoms with Crippen LogP contribution in [0.3, 0.4) is 0 Å². The molecule has 7 nitrogen and oxygen atoms in total. The average Bonchev–Trinajstić information content (AvgIpc) is 2.85. The molecule has 0 bridgehead atoms. The molecule has 27 heavy (non-hydrogen) atoms. The van der Waals surface area contributed by atoms with Gasteiger partial charge in [0.1, 0.15) is 5.82 Å². The number of fused-ring (bicyclic) bond motifs is 1. The fraction of sp³-hybridized carbons (Fsp3) is 0.278. The number of nitrogens with two attached hydrogens (primary N) is 1. The summed E-state index contributed by atoms with van der Waals surface area (Å²) in [5.74, 6) is 0.786. The smallest absolute Gasteiger partial charge is 0.193 e. The molecule has 0 saturated carbocycles. The van der Waals surface area contributed by atoms with Crippen molar-refractivity contribution in [3.05, 3.63) is 47.8 Å². The zero-order valence-electron chi connectivity index (χ0n) is 14.7. The first-order chi connectivity index (χ1) is 12.8. The van der Waals surface area contributed by atoms with Crippen molar-refractivity contribution in [2.24, 2.45) is 10.7 Å². The van der Waals surface area contributed by atoms with Crippen LogP contribution in [0.25, 0.3) is 0 Å². The van der Waals surface area contributed by atoms with Crippen molar-refractivity contribution in [1.82, 2.24) is 0 Å². The van der Waals surface area contributed by atoms with Crippen LogP contribution in [0.5, 0.6) is 11.5 Å². The molecule has 1 heterocycles. The van der Waals surface area contributed by atoms with E-state index >= 15 is 0 Å². The van der Waals surface area contributed by atoms with Crippen LogP contribution in [0.15, 0.2) is 46.3 Å². The molecule has 0 spiro atoms. The Morgan fingerprint density at radius 2 is 1.93 bits per heavy atom. The van der Waals surface area contributed by atoms with Crippen molar-refractivity contribution in [2.75, 3.05) is 24.8 Å². The van der Waals surface area contributed by atoms with Crippen LogP contribution in [0.1, 0.15) is 12.0 Å². The van der Waals surface area contributed by atoms with Crippen molar-refractivity contribution < 1.29 is 22.3 Å². The minimum Gasteiger partial charge on any atom is -0.490 e. The Morgan fingerprint density at radius 1 is 1.19 bits per heavy atom. The van der Waals surface area contributed by atoms with Crippen LogP contribution in [-0.4, -0.2) is 33.8 Å². The number of anilines is 1. The largest absolute Gasteiger partial charge is 0.490 e. The van der Waals surface area contributed by atoms with E-state index in [0.29, 0.717) is 30.4 Å². The molecule has 0 radical (unpaired) electrons. The summed E-state index contributed by atoms with van der Waals surface area (Å²) < 4.78 is 48.3. The first-order valence-corrected chi connectivity index (χ1v) is 10.2. The highest BCUT2D eigenvalue weighted by Gasteiger charge is 2.12. The molecule has 0 amide bonds. The van der Waals surface area contributed by atoms with Gasteiger partial charge in [0.15, 0.2) is 27.3 Å². The Labute approximate surface area is 156 Å². The van der Waals surface area contributed by atoms with Crippen molar-refractivity contribution in [1.29, 1.82) is 0 Å². The minimum atomic E-state index is -3.43. The molecule has 0 atom stereocenters. The first kappa shape index (κ1) is 19.0. The minimum absolute atomic E-state index is 0.0310. The number of guanidine groups is 1. The van der Waals surface area contributed by atoms with Crippen molar-refractivity contribution in [3.8, 4) is 11.5 Å². The monoisotopic (exact) mass is 393 g/mol. The molecule has 0 unspecified atom stereocenters. The molecule has 1 aliphatic rings. The van der Waals surface area contributed by atoms with Crippen LogP contribution in [0.4, 0.5) is 10.1 Å². The second-order valence-corrected chi connectivity index (χ2v) is 8.08. The van der Waals surface area contributed by atoms with Gasteiger partial charge < -0.3 is 20.5 Å². The number of aliphatic imine (C=N–C) groups is 1. The quantitative estimate of drug-likeness (QED) is 0.469. The molecule has 144 valence electrons. The van der Waals surface area contributed by atoms with E-state index in [9.17, 15) is 12.8 Å². The molecule has 2 aromatic carbocycles. The second-order valence-electron chi connectivity index (χ2n) is 6.06. The highest BCUT2D eigenvalue weighted by atomic mass is 32.2. The van der Waals surface area contributed by atoms with E-state index in [1.54, 1.807) is 18.2 Å². The van der Waals surface area contributed by atoms with Crippen LogP contribution in [0.2, 0.25) is 0 Å². The van der Waals surface area contributed by atoms with Gasteiger partial charge in [-0.25, -0.2) is 17.8 Å². The van der Waals surface area contributed by atoms with Crippen LogP contribution >= 0.6 is 0 Å². The van der Waals surface area contributed by atoms with E-state index in [4.69, 9.17) is 15.2 Å². The summed E-state index contributed by atoms with van der Waals surface area (Å²) in [6.07, 6.45) is 1.87. The van der Waals surface area contributed by atoms with Gasteiger partial charge in [0.2, 0.25) is 0 Å². The Bertz CT molecular complexity index is 977. The van der Waals surface area contributed by atoms with Crippen LogP contribution in [-0.2, 0) is 16.4 Å². The number of sulfone groups is 1. The van der Waals surface area contributed by atoms with Gasteiger partial charge in [0, 0.05) is 30.0 Å². The first-order valence-electron chi connectivity index (χ1n) is 8.28. The Morgan fingerprint density at radius 3 is 2.67 bits per heavy atom. The molecule has 9 heteroatoms. The molecular weight excluding hydrogens is 373 g/mol. The lowest BCUT2D eigenvalue weighted by Crippen LogP contribution is -2.22. The third-order valence-corrected chi connectivity index (χ3v) is 5.00. The van der Waals surface area contributed by atoms with E-state index in [1.165, 1.54) is 12.1 Å². The summed E-state index contributed by atoms with van der Waals surface area (Å²) >= 11 is 0. The fourth-order valence-electron chi connectivity index (χ4n) is 2.50. The highest BCUT2D eigenvalue weighted by Crippen LogP contribution is 2.32. The third kappa shape index (κ3) is 4.88. The van der Waals surface area contributed by atoms with Crippen molar-refractivity contribution >= 4 is 21.5 Å². The van der Waals surface area contributed by atoms with Crippen LogP contribution in [0, 0.1) is 5.82 Å². The number of nitrogens with zero attached hydrogens (tertiary/aromatic N) is 1. The summed E-state index contributed by atoms with van der Waals surface area (Å²) in [7, 11) is -3.43. The van der Waals surface area contributed by atoms with Gasteiger partial charge in [0.05, 0.1) is 24.7 Å². The molecule has 1 aliphatic heterocycles. The summed E-state index contributed by atoms with van der Waals surface area (Å²) in [6.45, 7) is 1.07. The summed E-state index contributed by atoms with van der Waals surface area (Å²) in [5.41, 5.74) is 6.64. The van der Waals surface area contributed by atoms with Gasteiger partial charge in [-0.15, -0.1) is 0 Å². The van der Waals surface area contributed by atoms with Gasteiger partial charge >= 0.3 is 0 Å². The lowest BCUT2D eigenvalue weighted by Gasteiger charge is -2.11. The van der Waals surface area contributed by atoms with E-state index in [0.717, 1.165) is 18.7 Å². The topological polar surface area (TPSA) is 103 Å². The normalized spacial score (nSPS) is 14.5. The maximum Gasteiger partial charge on any atom is 0.193 e. The molecular formula is C18H20FN3O4S. The number of rotatable bonds is 4. The molecule has 0 saturated heterocycles. The number of nitrogens with one attached hydrogen (secondary N) is 1. The summed E-state index contributed by atoms with van der Waals surface area (Å²) in [6, 6.07) is 8.86. The van der Waals surface area contributed by atoms with Gasteiger partial charge in [0.25, 0.3) is 0 Å². The predicted molar refractivity (Wildman–Crippen MR) is 101 cm³/mol. The van der Waals surface area contributed by atoms with E-state index in [-0.39, 0.29) is 23.0 Å². The molecule has 3 rings (SSSR count).